The van der Waals surface area contributed by atoms with Gasteiger partial charge in [-0.3, -0.25) is 9.69 Å². The summed E-state index contributed by atoms with van der Waals surface area (Å²) in [6.45, 7) is 1.67. The van der Waals surface area contributed by atoms with Crippen molar-refractivity contribution in [1.29, 1.82) is 0 Å². The normalized spacial score (nSPS) is 17.3. The molecule has 1 saturated heterocycles. The minimum atomic E-state index is -0.444. The Morgan fingerprint density at radius 1 is 1.32 bits per heavy atom. The largest absolute Gasteiger partial charge is 0.445 e. The van der Waals surface area contributed by atoms with E-state index in [0.29, 0.717) is 26.1 Å². The molecule has 1 atom stereocenters. The number of nitrogens with one attached hydrogen (secondary N) is 1. The highest BCUT2D eigenvalue weighted by molar-refractivity contribution is 5.86. The van der Waals surface area contributed by atoms with Crippen molar-refractivity contribution in [2.75, 3.05) is 26.8 Å². The quantitative estimate of drug-likeness (QED) is 0.810. The van der Waals surface area contributed by atoms with E-state index in [1.165, 1.54) is 4.90 Å². The lowest BCUT2D eigenvalue weighted by Gasteiger charge is -2.23. The molecule has 2 amide bonds. The number of amides is 2. The highest BCUT2D eigenvalue weighted by atomic mass is 16.6. The predicted molar refractivity (Wildman–Crippen MR) is 81.2 cm³/mol. The summed E-state index contributed by atoms with van der Waals surface area (Å²) in [7, 11) is 1.58. The van der Waals surface area contributed by atoms with Crippen LogP contribution in [0.15, 0.2) is 30.3 Å². The molecule has 0 spiro atoms. The van der Waals surface area contributed by atoms with Crippen LogP contribution in [-0.2, 0) is 20.9 Å². The van der Waals surface area contributed by atoms with E-state index < -0.39 is 12.1 Å². The van der Waals surface area contributed by atoms with Gasteiger partial charge in [-0.05, 0) is 18.4 Å². The van der Waals surface area contributed by atoms with Gasteiger partial charge < -0.3 is 14.8 Å². The zero-order chi connectivity index (χ0) is 15.8. The molecular formula is C16H22N2O4. The molecule has 1 N–H and O–H groups in total. The van der Waals surface area contributed by atoms with Crippen molar-refractivity contribution in [1.82, 2.24) is 10.2 Å². The molecule has 6 nitrogen and oxygen atoms in total. The van der Waals surface area contributed by atoms with Crippen LogP contribution in [-0.4, -0.2) is 49.7 Å². The van der Waals surface area contributed by atoms with Crippen LogP contribution in [0.4, 0.5) is 4.79 Å². The first-order valence-corrected chi connectivity index (χ1v) is 7.46. The number of benzene rings is 1. The van der Waals surface area contributed by atoms with Crippen LogP contribution in [0.1, 0.15) is 18.4 Å². The molecule has 0 aliphatic carbocycles. The van der Waals surface area contributed by atoms with E-state index in [0.717, 1.165) is 12.0 Å². The van der Waals surface area contributed by atoms with Crippen molar-refractivity contribution in [3.8, 4) is 0 Å². The Balaban J connectivity index is 1.84. The summed E-state index contributed by atoms with van der Waals surface area (Å²) in [6.07, 6.45) is 1.04. The Labute approximate surface area is 130 Å². The first-order chi connectivity index (χ1) is 10.7. The fourth-order valence-electron chi connectivity index (χ4n) is 2.45. The van der Waals surface area contributed by atoms with Crippen molar-refractivity contribution in [2.45, 2.75) is 25.5 Å². The number of hydrogen-bond donors (Lipinski definition) is 1. The topological polar surface area (TPSA) is 67.9 Å². The molecule has 1 aromatic carbocycles. The lowest BCUT2D eigenvalue weighted by Crippen LogP contribution is -2.46. The average Bonchev–Trinajstić information content (AvgIpc) is 3.03. The third-order valence-electron chi connectivity index (χ3n) is 3.60. The van der Waals surface area contributed by atoms with Gasteiger partial charge >= 0.3 is 6.09 Å². The van der Waals surface area contributed by atoms with Gasteiger partial charge in [0.15, 0.2) is 0 Å². The monoisotopic (exact) mass is 306 g/mol. The Morgan fingerprint density at radius 2 is 2.09 bits per heavy atom. The van der Waals surface area contributed by atoms with Gasteiger partial charge in [0.25, 0.3) is 0 Å². The molecule has 1 unspecified atom stereocenters. The summed E-state index contributed by atoms with van der Waals surface area (Å²) in [5.74, 6) is -0.147. The van der Waals surface area contributed by atoms with Crippen molar-refractivity contribution >= 4 is 12.0 Å². The van der Waals surface area contributed by atoms with E-state index in [9.17, 15) is 9.59 Å². The third kappa shape index (κ3) is 4.46. The van der Waals surface area contributed by atoms with Crippen LogP contribution < -0.4 is 5.32 Å². The number of carbonyl (C=O) groups excluding carboxylic acids is 2. The number of nitrogens with zero attached hydrogens (tertiary/aromatic N) is 1. The number of carbonyl (C=O) groups is 2. The Bertz CT molecular complexity index is 492. The van der Waals surface area contributed by atoms with E-state index in [4.69, 9.17) is 9.47 Å². The second-order valence-electron chi connectivity index (χ2n) is 5.18. The minimum absolute atomic E-state index is 0.147. The Hall–Kier alpha value is -2.08. The highest BCUT2D eigenvalue weighted by Gasteiger charge is 2.34. The first kappa shape index (κ1) is 16.3. The standard InChI is InChI=1S/C16H22N2O4/c1-21-11-9-17-15(19)14-8-5-10-18(14)16(20)22-12-13-6-3-2-4-7-13/h2-4,6-7,14H,5,8-12H2,1H3,(H,17,19). The van der Waals surface area contributed by atoms with Crippen molar-refractivity contribution in [3.63, 3.8) is 0 Å². The van der Waals surface area contributed by atoms with Gasteiger partial charge in [-0.2, -0.15) is 0 Å². The van der Waals surface area contributed by atoms with E-state index in [1.54, 1.807) is 7.11 Å². The van der Waals surface area contributed by atoms with Gasteiger partial charge in [0, 0.05) is 20.2 Å². The lowest BCUT2D eigenvalue weighted by atomic mass is 10.2. The molecular weight excluding hydrogens is 284 g/mol. The van der Waals surface area contributed by atoms with Crippen molar-refractivity contribution < 1.29 is 19.1 Å². The van der Waals surface area contributed by atoms with Gasteiger partial charge in [-0.15, -0.1) is 0 Å². The second kappa shape index (κ2) is 8.38. The number of rotatable bonds is 6. The number of methoxy groups -OCH3 is 1. The van der Waals surface area contributed by atoms with Gasteiger partial charge in [0.2, 0.25) is 5.91 Å². The van der Waals surface area contributed by atoms with E-state index >= 15 is 0 Å². The molecule has 22 heavy (non-hydrogen) atoms. The summed E-state index contributed by atoms with van der Waals surface area (Å²) in [4.78, 5) is 25.8. The molecule has 1 fully saturated rings. The summed E-state index contributed by atoms with van der Waals surface area (Å²) >= 11 is 0. The molecule has 6 heteroatoms. The second-order valence-corrected chi connectivity index (χ2v) is 5.18. The average molecular weight is 306 g/mol. The number of likely N-dealkylation sites (tertiary alicyclic amines) is 1. The maximum atomic E-state index is 12.2. The molecule has 1 aliphatic heterocycles. The van der Waals surface area contributed by atoms with Gasteiger partial charge in [0.1, 0.15) is 12.6 Å². The Kier molecular flexibility index (Phi) is 6.21. The van der Waals surface area contributed by atoms with Gasteiger partial charge in [0.05, 0.1) is 6.61 Å². The third-order valence-corrected chi connectivity index (χ3v) is 3.60. The maximum absolute atomic E-state index is 12.2. The fraction of sp³-hybridized carbons (Fsp3) is 0.500. The van der Waals surface area contributed by atoms with Crippen LogP contribution in [0.3, 0.4) is 0 Å². The zero-order valence-corrected chi connectivity index (χ0v) is 12.8. The van der Waals surface area contributed by atoms with Crippen LogP contribution in [0, 0.1) is 0 Å². The first-order valence-electron chi connectivity index (χ1n) is 7.46. The van der Waals surface area contributed by atoms with Crippen LogP contribution in [0.25, 0.3) is 0 Å². The number of ether oxygens (including phenoxy) is 2. The molecule has 1 aromatic rings. The predicted octanol–water partition coefficient (Wildman–Crippen LogP) is 1.55. The SMILES string of the molecule is COCCNC(=O)C1CCCN1C(=O)OCc1ccccc1. The van der Waals surface area contributed by atoms with Crippen LogP contribution >= 0.6 is 0 Å². The fourth-order valence-corrected chi connectivity index (χ4v) is 2.45. The zero-order valence-electron chi connectivity index (χ0n) is 12.8. The molecule has 0 saturated carbocycles. The lowest BCUT2D eigenvalue weighted by molar-refractivity contribution is -0.125. The molecule has 2 rings (SSSR count). The Morgan fingerprint density at radius 3 is 2.82 bits per heavy atom. The van der Waals surface area contributed by atoms with Crippen LogP contribution in [0.5, 0.6) is 0 Å². The number of hydrogen-bond acceptors (Lipinski definition) is 4. The molecule has 120 valence electrons. The summed E-state index contributed by atoms with van der Waals surface area (Å²) in [5, 5.41) is 2.77. The van der Waals surface area contributed by atoms with Gasteiger partial charge in [-0.25, -0.2) is 4.79 Å². The maximum Gasteiger partial charge on any atom is 0.410 e. The smallest absolute Gasteiger partial charge is 0.410 e. The highest BCUT2D eigenvalue weighted by Crippen LogP contribution is 2.19. The molecule has 0 radical (unpaired) electrons. The summed E-state index contributed by atoms with van der Waals surface area (Å²) in [5.41, 5.74) is 0.927. The van der Waals surface area contributed by atoms with Crippen molar-refractivity contribution in [2.24, 2.45) is 0 Å². The van der Waals surface area contributed by atoms with E-state index in [2.05, 4.69) is 5.32 Å². The molecule has 1 heterocycles. The van der Waals surface area contributed by atoms with E-state index in [1.807, 2.05) is 30.3 Å². The summed E-state index contributed by atoms with van der Waals surface area (Å²) in [6, 6.07) is 9.04. The molecule has 0 aromatic heterocycles. The van der Waals surface area contributed by atoms with Gasteiger partial charge in [-0.1, -0.05) is 30.3 Å². The molecule has 0 bridgehead atoms. The van der Waals surface area contributed by atoms with E-state index in [-0.39, 0.29) is 12.5 Å². The molecule has 1 aliphatic rings. The van der Waals surface area contributed by atoms with Crippen molar-refractivity contribution in [3.05, 3.63) is 35.9 Å². The van der Waals surface area contributed by atoms with Crippen LogP contribution in [0.2, 0.25) is 0 Å². The summed E-state index contributed by atoms with van der Waals surface area (Å²) < 4.78 is 10.2. The minimum Gasteiger partial charge on any atom is -0.445 e.